The molecule has 10 heteroatoms. The van der Waals surface area contributed by atoms with Crippen LogP contribution in [0, 0.1) is 0 Å². The van der Waals surface area contributed by atoms with Crippen molar-refractivity contribution in [3.05, 3.63) is 52.2 Å². The Balaban J connectivity index is 2.27. The van der Waals surface area contributed by atoms with Crippen LogP contribution in [0.4, 0.5) is 9.18 Å². The molecule has 0 saturated heterocycles. The number of aliphatic hydroxyl groups excluding tert-OH is 1. The fraction of sp³-hybridized carbons (Fsp3) is 0.462. The Morgan fingerprint density at radius 3 is 2.67 bits per heavy atom. The van der Waals surface area contributed by atoms with E-state index in [0.29, 0.717) is 46.3 Å². The number of carboxylic acid groups (broad SMARTS) is 1. The number of alkyl halides is 1. The van der Waals surface area contributed by atoms with Gasteiger partial charge in [-0.2, -0.15) is 0 Å². The van der Waals surface area contributed by atoms with Gasteiger partial charge in [-0.3, -0.25) is 0 Å². The van der Waals surface area contributed by atoms with Gasteiger partial charge in [-0.25, -0.2) is 19.1 Å². The summed E-state index contributed by atoms with van der Waals surface area (Å²) in [5, 5.41) is 31.7. The number of allylic oxidation sites excluding steroid dienone is 2. The van der Waals surface area contributed by atoms with Crippen LogP contribution in [0.2, 0.25) is 0 Å². The molecule has 0 spiro atoms. The van der Waals surface area contributed by atoms with Crippen molar-refractivity contribution < 1.29 is 34.0 Å². The molecule has 1 aliphatic rings. The number of phenolic OH excluding ortho intramolecular Hbond substituents is 1. The van der Waals surface area contributed by atoms with Gasteiger partial charge < -0.3 is 29.7 Å². The van der Waals surface area contributed by atoms with Gasteiger partial charge in [0.2, 0.25) is 0 Å². The highest BCUT2D eigenvalue weighted by Crippen LogP contribution is 2.36. The van der Waals surface area contributed by atoms with Crippen molar-refractivity contribution in [1.29, 1.82) is 0 Å². The average molecular weight is 504 g/mol. The third kappa shape index (κ3) is 6.19. The maximum Gasteiger partial charge on any atom is 0.506 e. The highest BCUT2D eigenvalue weighted by atomic mass is 19.1. The normalized spacial score (nSPS) is 21.6. The van der Waals surface area contributed by atoms with Crippen LogP contribution in [0.25, 0.3) is 17.0 Å². The fourth-order valence-electron chi connectivity index (χ4n) is 4.37. The lowest BCUT2D eigenvalue weighted by atomic mass is 10.0. The molecule has 2 heterocycles. The second kappa shape index (κ2) is 12.3. The van der Waals surface area contributed by atoms with Gasteiger partial charge in [0.25, 0.3) is 0 Å². The van der Waals surface area contributed by atoms with Gasteiger partial charge in [-0.1, -0.05) is 19.4 Å². The van der Waals surface area contributed by atoms with Gasteiger partial charge in [0, 0.05) is 28.6 Å². The van der Waals surface area contributed by atoms with E-state index in [1.807, 2.05) is 32.0 Å². The first-order valence-electron chi connectivity index (χ1n) is 11.8. The van der Waals surface area contributed by atoms with Crippen LogP contribution >= 0.6 is 0 Å². The number of carbonyl (C=O) groups is 1. The molecule has 2 atom stereocenters. The second-order valence-corrected chi connectivity index (χ2v) is 8.97. The zero-order valence-electron chi connectivity index (χ0n) is 21.1. The van der Waals surface area contributed by atoms with Crippen LogP contribution in [-0.4, -0.2) is 83.5 Å². The van der Waals surface area contributed by atoms with Gasteiger partial charge >= 0.3 is 6.16 Å². The van der Waals surface area contributed by atoms with Gasteiger partial charge in [0.15, 0.2) is 0 Å². The molecule has 1 aromatic heterocycles. The monoisotopic (exact) mass is 503 g/mol. The molecule has 0 fully saturated rings. The average Bonchev–Trinajstić information content (AvgIpc) is 2.86. The molecule has 0 bridgehead atoms. The summed E-state index contributed by atoms with van der Waals surface area (Å²) in [6.45, 7) is 1.16. The number of aliphatic hydroxyl groups is 1. The van der Waals surface area contributed by atoms with Crippen molar-refractivity contribution in [3.63, 3.8) is 0 Å². The van der Waals surface area contributed by atoms with Crippen LogP contribution in [0.5, 0.6) is 5.75 Å². The first-order chi connectivity index (χ1) is 17.2. The van der Waals surface area contributed by atoms with Gasteiger partial charge in [-0.05, 0) is 57.4 Å². The molecule has 2 aromatic rings. The number of benzene rings is 1. The predicted octanol–water partition coefficient (Wildman–Crippen LogP) is 4.06. The number of hydrogen-bond acceptors (Lipinski definition) is 8. The number of pyridine rings is 1. The summed E-state index contributed by atoms with van der Waals surface area (Å²) in [4.78, 5) is 19.4. The smallest absolute Gasteiger partial charge is 0.506 e. The highest BCUT2D eigenvalue weighted by Gasteiger charge is 2.31. The van der Waals surface area contributed by atoms with Gasteiger partial charge in [0.05, 0.1) is 17.8 Å². The Morgan fingerprint density at radius 2 is 2.03 bits per heavy atom. The highest BCUT2D eigenvalue weighted by molar-refractivity contribution is 5.86. The van der Waals surface area contributed by atoms with Crippen molar-refractivity contribution in [2.75, 3.05) is 41.0 Å². The van der Waals surface area contributed by atoms with Crippen molar-refractivity contribution in [2.45, 2.75) is 38.8 Å². The number of fused-ring (bicyclic) bond motifs is 2. The number of hydrogen-bond donors (Lipinski definition) is 3. The van der Waals surface area contributed by atoms with E-state index in [4.69, 9.17) is 19.6 Å². The molecule has 2 unspecified atom stereocenters. The first kappa shape index (κ1) is 27.5. The quantitative estimate of drug-likeness (QED) is 0.436. The third-order valence-corrected chi connectivity index (χ3v) is 6.03. The summed E-state index contributed by atoms with van der Waals surface area (Å²) in [5.74, 6) is 0.131. The molecule has 3 rings (SSSR count). The Morgan fingerprint density at radius 1 is 1.28 bits per heavy atom. The molecule has 0 saturated carbocycles. The predicted molar refractivity (Wildman–Crippen MR) is 134 cm³/mol. The molecule has 9 nitrogen and oxygen atoms in total. The first-order valence-corrected chi connectivity index (χ1v) is 11.8. The molecule has 0 aliphatic carbocycles. The van der Waals surface area contributed by atoms with Crippen molar-refractivity contribution in [3.8, 4) is 5.75 Å². The van der Waals surface area contributed by atoms with Crippen molar-refractivity contribution >= 4 is 23.1 Å². The topological polar surface area (TPSA) is 116 Å². The zero-order chi connectivity index (χ0) is 26.4. The summed E-state index contributed by atoms with van der Waals surface area (Å²) >= 11 is 0. The Kier molecular flexibility index (Phi) is 9.38. The minimum atomic E-state index is -1.45. The van der Waals surface area contributed by atoms with Crippen molar-refractivity contribution in [1.82, 2.24) is 14.8 Å². The molecular formula is C26H34FN3O6. The number of nitrogens with zero attached hydrogens (tertiary/aromatic N) is 3. The van der Waals surface area contributed by atoms with Gasteiger partial charge in [-0.15, -0.1) is 0 Å². The molecule has 3 N–H and O–H groups in total. The van der Waals surface area contributed by atoms with Crippen molar-refractivity contribution in [2.24, 2.45) is 0 Å². The number of phenols is 1. The molecular weight excluding hydrogens is 469 g/mol. The van der Waals surface area contributed by atoms with E-state index in [1.165, 1.54) is 4.90 Å². The van der Waals surface area contributed by atoms with Gasteiger partial charge in [0.1, 0.15) is 31.5 Å². The van der Waals surface area contributed by atoms with E-state index >= 15 is 0 Å². The van der Waals surface area contributed by atoms with Crippen LogP contribution in [0.3, 0.4) is 0 Å². The lowest BCUT2D eigenvalue weighted by Gasteiger charge is -2.34. The summed E-state index contributed by atoms with van der Waals surface area (Å²) in [5.41, 5.74) is 3.57. The molecule has 1 aliphatic heterocycles. The fourth-order valence-corrected chi connectivity index (χ4v) is 4.37. The van der Waals surface area contributed by atoms with E-state index in [9.17, 15) is 19.4 Å². The lowest BCUT2D eigenvalue weighted by molar-refractivity contribution is -0.114. The molecule has 0 radical (unpaired) electrons. The molecule has 196 valence electrons. The molecule has 1 aromatic carbocycles. The van der Waals surface area contributed by atoms with E-state index in [0.717, 1.165) is 12.0 Å². The minimum absolute atomic E-state index is 0.131. The van der Waals surface area contributed by atoms with E-state index < -0.39 is 25.3 Å². The molecule has 36 heavy (non-hydrogen) atoms. The summed E-state index contributed by atoms with van der Waals surface area (Å²) in [6.07, 6.45) is 1.27. The van der Waals surface area contributed by atoms with E-state index in [-0.39, 0.29) is 19.0 Å². The van der Waals surface area contributed by atoms with Crippen LogP contribution in [-0.2, 0) is 16.0 Å². The summed E-state index contributed by atoms with van der Waals surface area (Å²) in [6, 6.07) is 5.19. The number of aromatic hydroxyl groups is 1. The third-order valence-electron chi connectivity index (χ3n) is 6.03. The SMILES string of the molecule is CCCC1=C(\COC(=O)O)C(O)N(C)C(OCCF)c2cc3c(CN(C)C)c(O)ccc3nc2\C=C\1. The zero-order valence-corrected chi connectivity index (χ0v) is 21.1. The minimum Gasteiger partial charge on any atom is -0.508 e. The maximum atomic E-state index is 13.2. The van der Waals surface area contributed by atoms with E-state index in [2.05, 4.69) is 0 Å². The molecule has 0 amide bonds. The lowest BCUT2D eigenvalue weighted by Crippen LogP contribution is -2.40. The Hall–Kier alpha value is -3.05. The standard InChI is InChI=1S/C26H34FN3O6/c1-5-6-16-7-8-22-18(13-17-19(14-29(2)3)23(31)10-9-21(17)28-22)25(35-12-11-27)30(4)24(32)20(16)15-36-26(33)34/h7-10,13,24-25,31-32H,5-6,11-12,14-15H2,1-4H3,(H,33,34)/b8-7+,20-16-. The van der Waals surface area contributed by atoms with Crippen LogP contribution in [0.1, 0.15) is 42.8 Å². The number of rotatable bonds is 9. The second-order valence-electron chi connectivity index (χ2n) is 8.97. The number of likely N-dealkylation sites (N-methyl/N-ethyl adjacent to an activating group) is 1. The van der Waals surface area contributed by atoms with Crippen LogP contribution in [0.15, 0.2) is 35.4 Å². The maximum absolute atomic E-state index is 13.2. The van der Waals surface area contributed by atoms with Crippen LogP contribution < -0.4 is 0 Å². The summed E-state index contributed by atoms with van der Waals surface area (Å²) in [7, 11) is 5.40. The number of halogens is 1. The Bertz CT molecular complexity index is 1150. The summed E-state index contributed by atoms with van der Waals surface area (Å²) < 4.78 is 23.9. The number of ether oxygens (including phenoxy) is 2. The Labute approximate surface area is 210 Å². The largest absolute Gasteiger partial charge is 0.508 e. The number of aromatic nitrogens is 1. The van der Waals surface area contributed by atoms with E-state index in [1.54, 1.807) is 31.3 Å².